The van der Waals surface area contributed by atoms with Crippen LogP contribution in [0.5, 0.6) is 0 Å². The molecule has 2 heterocycles. The van der Waals surface area contributed by atoms with Crippen molar-refractivity contribution in [1.82, 2.24) is 10.2 Å². The molecular weight excluding hydrogens is 236 g/mol. The van der Waals surface area contributed by atoms with Crippen LogP contribution in [0, 0.1) is 11.8 Å². The molecule has 0 bridgehead atoms. The predicted molar refractivity (Wildman–Crippen MR) is 80.5 cm³/mol. The Labute approximate surface area is 119 Å². The molecule has 3 heteroatoms. The van der Waals surface area contributed by atoms with E-state index in [0.717, 1.165) is 37.6 Å². The third kappa shape index (κ3) is 5.41. The molecule has 112 valence electrons. The van der Waals surface area contributed by atoms with Gasteiger partial charge in [0.25, 0.3) is 0 Å². The summed E-state index contributed by atoms with van der Waals surface area (Å²) < 4.78 is 5.75. The number of likely N-dealkylation sites (tertiary alicyclic amines) is 1. The van der Waals surface area contributed by atoms with Crippen LogP contribution in [-0.2, 0) is 4.74 Å². The fraction of sp³-hybridized carbons (Fsp3) is 1.00. The highest BCUT2D eigenvalue weighted by Crippen LogP contribution is 2.24. The van der Waals surface area contributed by atoms with Gasteiger partial charge in [0.15, 0.2) is 0 Å². The zero-order valence-corrected chi connectivity index (χ0v) is 12.9. The van der Waals surface area contributed by atoms with Crippen molar-refractivity contribution >= 4 is 0 Å². The molecule has 0 amide bonds. The van der Waals surface area contributed by atoms with E-state index in [0.29, 0.717) is 0 Å². The highest BCUT2D eigenvalue weighted by molar-refractivity contribution is 4.86. The first kappa shape index (κ1) is 15.3. The lowest BCUT2D eigenvalue weighted by Crippen LogP contribution is -2.44. The smallest absolute Gasteiger partial charge is 0.0593 e. The zero-order chi connectivity index (χ0) is 13.5. The topological polar surface area (TPSA) is 24.5 Å². The van der Waals surface area contributed by atoms with Crippen molar-refractivity contribution in [2.45, 2.75) is 52.0 Å². The molecule has 2 aliphatic heterocycles. The summed E-state index contributed by atoms with van der Waals surface area (Å²) in [4.78, 5) is 2.61. The highest BCUT2D eigenvalue weighted by atomic mass is 16.5. The van der Waals surface area contributed by atoms with Crippen molar-refractivity contribution in [2.75, 3.05) is 39.4 Å². The van der Waals surface area contributed by atoms with Crippen LogP contribution in [0.15, 0.2) is 0 Å². The van der Waals surface area contributed by atoms with E-state index < -0.39 is 0 Å². The molecule has 2 unspecified atom stereocenters. The summed E-state index contributed by atoms with van der Waals surface area (Å²) in [7, 11) is 0. The Morgan fingerprint density at radius 2 is 2.11 bits per heavy atom. The quantitative estimate of drug-likeness (QED) is 0.718. The Kier molecular flexibility index (Phi) is 6.62. The predicted octanol–water partition coefficient (Wildman–Crippen LogP) is 2.51. The van der Waals surface area contributed by atoms with Gasteiger partial charge in [-0.1, -0.05) is 13.8 Å². The van der Waals surface area contributed by atoms with Crippen LogP contribution in [0.25, 0.3) is 0 Å². The van der Waals surface area contributed by atoms with Crippen LogP contribution >= 0.6 is 0 Å². The fourth-order valence-electron chi connectivity index (χ4n) is 3.35. The Bertz CT molecular complexity index is 239. The molecule has 0 aromatic carbocycles. The van der Waals surface area contributed by atoms with E-state index in [1.54, 1.807) is 0 Å². The largest absolute Gasteiger partial charge is 0.380 e. The maximum atomic E-state index is 5.75. The van der Waals surface area contributed by atoms with Gasteiger partial charge in [0.05, 0.1) is 6.61 Å². The molecule has 0 saturated carbocycles. The van der Waals surface area contributed by atoms with Crippen molar-refractivity contribution in [3.05, 3.63) is 0 Å². The summed E-state index contributed by atoms with van der Waals surface area (Å²) >= 11 is 0. The Balaban J connectivity index is 1.58. The van der Waals surface area contributed by atoms with Crippen molar-refractivity contribution in [3.63, 3.8) is 0 Å². The molecule has 2 rings (SSSR count). The lowest BCUT2D eigenvalue weighted by molar-refractivity contribution is 0.0745. The van der Waals surface area contributed by atoms with E-state index in [1.165, 1.54) is 51.7 Å². The minimum absolute atomic E-state index is 0.757. The van der Waals surface area contributed by atoms with E-state index in [9.17, 15) is 0 Å². The van der Waals surface area contributed by atoms with Gasteiger partial charge < -0.3 is 15.0 Å². The van der Waals surface area contributed by atoms with E-state index in [2.05, 4.69) is 24.1 Å². The van der Waals surface area contributed by atoms with Gasteiger partial charge in [-0.25, -0.2) is 0 Å². The number of nitrogens with one attached hydrogen (secondary N) is 1. The minimum atomic E-state index is 0.757. The normalized spacial score (nSPS) is 29.2. The van der Waals surface area contributed by atoms with Crippen LogP contribution in [0.3, 0.4) is 0 Å². The second-order valence-electron chi connectivity index (χ2n) is 6.70. The standard InChI is InChI=1S/C16H32N2O/c1-14(2)7-11-19-12-10-18-9-4-5-15(13-18)16-6-3-8-17-16/h14-17H,3-13H2,1-2H3. The molecule has 19 heavy (non-hydrogen) atoms. The summed E-state index contributed by atoms with van der Waals surface area (Å²) in [5.74, 6) is 1.64. The van der Waals surface area contributed by atoms with Gasteiger partial charge in [0.2, 0.25) is 0 Å². The van der Waals surface area contributed by atoms with Crippen LogP contribution < -0.4 is 5.32 Å². The van der Waals surface area contributed by atoms with Crippen LogP contribution in [0.1, 0.15) is 46.0 Å². The fourth-order valence-corrected chi connectivity index (χ4v) is 3.35. The zero-order valence-electron chi connectivity index (χ0n) is 12.9. The molecule has 0 radical (unpaired) electrons. The number of nitrogens with zero attached hydrogens (tertiary/aromatic N) is 1. The van der Waals surface area contributed by atoms with Crippen LogP contribution in [0.2, 0.25) is 0 Å². The molecule has 2 saturated heterocycles. The summed E-state index contributed by atoms with van der Waals surface area (Å²) in [5, 5.41) is 3.68. The van der Waals surface area contributed by atoms with Crippen molar-refractivity contribution in [1.29, 1.82) is 0 Å². The number of hydrogen-bond acceptors (Lipinski definition) is 3. The van der Waals surface area contributed by atoms with E-state index in [4.69, 9.17) is 4.74 Å². The number of ether oxygens (including phenoxy) is 1. The molecule has 2 aliphatic rings. The lowest BCUT2D eigenvalue weighted by Gasteiger charge is -2.35. The van der Waals surface area contributed by atoms with Crippen LogP contribution in [-0.4, -0.2) is 50.3 Å². The van der Waals surface area contributed by atoms with Gasteiger partial charge in [-0.05, 0) is 57.0 Å². The first-order valence-corrected chi connectivity index (χ1v) is 8.29. The molecule has 2 fully saturated rings. The van der Waals surface area contributed by atoms with Gasteiger partial charge in [-0.15, -0.1) is 0 Å². The first-order chi connectivity index (χ1) is 9.25. The van der Waals surface area contributed by atoms with Crippen molar-refractivity contribution in [3.8, 4) is 0 Å². The molecule has 3 nitrogen and oxygen atoms in total. The summed E-state index contributed by atoms with van der Waals surface area (Å²) in [6, 6.07) is 0.796. The molecule has 0 aliphatic carbocycles. The average molecular weight is 268 g/mol. The van der Waals surface area contributed by atoms with Gasteiger partial charge in [0, 0.05) is 25.7 Å². The third-order valence-electron chi connectivity index (χ3n) is 4.60. The molecule has 0 aromatic heterocycles. The Morgan fingerprint density at radius 3 is 2.84 bits per heavy atom. The molecular formula is C16H32N2O. The van der Waals surface area contributed by atoms with Crippen molar-refractivity contribution < 1.29 is 4.74 Å². The first-order valence-electron chi connectivity index (χ1n) is 8.29. The summed E-state index contributed by atoms with van der Waals surface area (Å²) in [6.07, 6.45) is 6.74. The second kappa shape index (κ2) is 8.23. The van der Waals surface area contributed by atoms with Gasteiger partial charge >= 0.3 is 0 Å². The Hall–Kier alpha value is -0.120. The number of rotatable bonds is 7. The van der Waals surface area contributed by atoms with E-state index >= 15 is 0 Å². The SMILES string of the molecule is CC(C)CCOCCN1CCCC(C2CCCN2)C1. The summed E-state index contributed by atoms with van der Waals surface area (Å²) in [6.45, 7) is 11.3. The van der Waals surface area contributed by atoms with Gasteiger partial charge in [-0.3, -0.25) is 0 Å². The van der Waals surface area contributed by atoms with Crippen LogP contribution in [0.4, 0.5) is 0 Å². The maximum Gasteiger partial charge on any atom is 0.0593 e. The minimum Gasteiger partial charge on any atom is -0.380 e. The van der Waals surface area contributed by atoms with Crippen molar-refractivity contribution in [2.24, 2.45) is 11.8 Å². The maximum absolute atomic E-state index is 5.75. The molecule has 0 spiro atoms. The number of piperidine rings is 1. The highest BCUT2D eigenvalue weighted by Gasteiger charge is 2.28. The average Bonchev–Trinajstić information content (AvgIpc) is 2.92. The van der Waals surface area contributed by atoms with Gasteiger partial charge in [-0.2, -0.15) is 0 Å². The molecule has 1 N–H and O–H groups in total. The Morgan fingerprint density at radius 1 is 1.21 bits per heavy atom. The monoisotopic (exact) mass is 268 g/mol. The lowest BCUT2D eigenvalue weighted by atomic mass is 9.90. The molecule has 0 aromatic rings. The van der Waals surface area contributed by atoms with E-state index in [1.807, 2.05) is 0 Å². The van der Waals surface area contributed by atoms with Gasteiger partial charge in [0.1, 0.15) is 0 Å². The molecule has 2 atom stereocenters. The third-order valence-corrected chi connectivity index (χ3v) is 4.60. The second-order valence-corrected chi connectivity index (χ2v) is 6.70. The van der Waals surface area contributed by atoms with E-state index in [-0.39, 0.29) is 0 Å². The summed E-state index contributed by atoms with van der Waals surface area (Å²) in [5.41, 5.74) is 0. The number of hydrogen-bond donors (Lipinski definition) is 1.